The van der Waals surface area contributed by atoms with E-state index in [1.165, 1.54) is 7.11 Å². The monoisotopic (exact) mass is 292 g/mol. The Balaban J connectivity index is 2.98. The van der Waals surface area contributed by atoms with Crippen molar-refractivity contribution in [3.05, 3.63) is 10.0 Å². The second-order valence-corrected chi connectivity index (χ2v) is 5.77. The van der Waals surface area contributed by atoms with Gasteiger partial charge >= 0.3 is 5.97 Å². The number of hydrogen-bond donors (Lipinski definition) is 1. The van der Waals surface area contributed by atoms with Crippen LogP contribution in [0.3, 0.4) is 0 Å². The lowest BCUT2D eigenvalue weighted by Crippen LogP contribution is -2.38. The van der Waals surface area contributed by atoms with Crippen molar-refractivity contribution in [3.63, 3.8) is 0 Å². The highest BCUT2D eigenvalue weighted by atomic mass is 35.5. The van der Waals surface area contributed by atoms with E-state index in [9.17, 15) is 9.90 Å². The van der Waals surface area contributed by atoms with Crippen LogP contribution in [0.1, 0.15) is 30.4 Å². The third-order valence-corrected chi connectivity index (χ3v) is 3.66. The Morgan fingerprint density at radius 3 is 2.67 bits per heavy atom. The summed E-state index contributed by atoms with van der Waals surface area (Å²) in [6.07, 6.45) is 0. The highest BCUT2D eigenvalue weighted by Crippen LogP contribution is 2.30. The molecule has 0 bridgehead atoms. The summed E-state index contributed by atoms with van der Waals surface area (Å²) in [5, 5.41) is 10.6. The molecule has 0 saturated carbocycles. The van der Waals surface area contributed by atoms with Gasteiger partial charge in [0.15, 0.2) is 15.2 Å². The number of aliphatic hydroxyl groups is 1. The van der Waals surface area contributed by atoms with Crippen LogP contribution in [0.15, 0.2) is 0 Å². The average Bonchev–Trinajstić information content (AvgIpc) is 2.66. The molecule has 7 heteroatoms. The summed E-state index contributed by atoms with van der Waals surface area (Å²) in [6.45, 7) is 6.44. The van der Waals surface area contributed by atoms with Crippen molar-refractivity contribution in [1.29, 1.82) is 0 Å². The van der Waals surface area contributed by atoms with Gasteiger partial charge < -0.3 is 14.7 Å². The van der Waals surface area contributed by atoms with Crippen molar-refractivity contribution >= 4 is 34.0 Å². The largest absolute Gasteiger partial charge is 0.465 e. The SMILES string of the molecule is CCN(CC(C)(C)O)c1nc(Cl)c(C(=O)OC)s1. The van der Waals surface area contributed by atoms with Gasteiger partial charge in [0.25, 0.3) is 0 Å². The standard InChI is InChI=1S/C11H17ClN2O3S/c1-5-14(6-11(2,3)16)10-13-8(12)7(18-10)9(15)17-4/h16H,5-6H2,1-4H3. The average molecular weight is 293 g/mol. The Labute approximate surface area is 115 Å². The van der Waals surface area contributed by atoms with Crippen LogP contribution < -0.4 is 4.90 Å². The molecule has 18 heavy (non-hydrogen) atoms. The number of aromatic nitrogens is 1. The molecule has 0 radical (unpaired) electrons. The van der Waals surface area contributed by atoms with Crippen molar-refractivity contribution < 1.29 is 14.6 Å². The molecule has 1 aromatic heterocycles. The molecule has 1 N–H and O–H groups in total. The molecule has 0 aromatic carbocycles. The topological polar surface area (TPSA) is 62.7 Å². The van der Waals surface area contributed by atoms with Gasteiger partial charge in [-0.3, -0.25) is 0 Å². The summed E-state index contributed by atoms with van der Waals surface area (Å²) in [6, 6.07) is 0. The number of methoxy groups -OCH3 is 1. The molecule has 0 amide bonds. The Morgan fingerprint density at radius 1 is 1.61 bits per heavy atom. The number of rotatable bonds is 5. The minimum absolute atomic E-state index is 0.135. The first-order valence-electron chi connectivity index (χ1n) is 5.50. The second-order valence-electron chi connectivity index (χ2n) is 4.43. The van der Waals surface area contributed by atoms with Crippen LogP contribution in [0, 0.1) is 0 Å². The maximum absolute atomic E-state index is 11.4. The molecular weight excluding hydrogens is 276 g/mol. The van der Waals surface area contributed by atoms with E-state index in [1.807, 2.05) is 11.8 Å². The van der Waals surface area contributed by atoms with Crippen LogP contribution in [-0.2, 0) is 4.74 Å². The number of hydrogen-bond acceptors (Lipinski definition) is 6. The number of carbonyl (C=O) groups excluding carboxylic acids is 1. The van der Waals surface area contributed by atoms with Gasteiger partial charge in [-0.05, 0) is 20.8 Å². The quantitative estimate of drug-likeness (QED) is 0.843. The number of anilines is 1. The molecule has 0 aliphatic rings. The van der Waals surface area contributed by atoms with E-state index in [0.29, 0.717) is 18.2 Å². The molecule has 0 fully saturated rings. The molecule has 1 heterocycles. The van der Waals surface area contributed by atoms with Crippen LogP contribution in [0.2, 0.25) is 5.15 Å². The van der Waals surface area contributed by atoms with Crippen LogP contribution in [0.5, 0.6) is 0 Å². The summed E-state index contributed by atoms with van der Waals surface area (Å²) < 4.78 is 4.62. The van der Waals surface area contributed by atoms with E-state index in [-0.39, 0.29) is 10.0 Å². The molecule has 0 unspecified atom stereocenters. The Kier molecular flexibility index (Phi) is 4.95. The number of esters is 1. The fourth-order valence-electron chi connectivity index (χ4n) is 1.43. The third kappa shape index (κ3) is 3.83. The van der Waals surface area contributed by atoms with Gasteiger partial charge in [0.05, 0.1) is 12.7 Å². The van der Waals surface area contributed by atoms with E-state index in [0.717, 1.165) is 11.3 Å². The van der Waals surface area contributed by atoms with E-state index >= 15 is 0 Å². The highest BCUT2D eigenvalue weighted by molar-refractivity contribution is 7.18. The van der Waals surface area contributed by atoms with Gasteiger partial charge in [-0.2, -0.15) is 0 Å². The van der Waals surface area contributed by atoms with Crippen LogP contribution in [-0.4, -0.2) is 41.9 Å². The van der Waals surface area contributed by atoms with Crippen molar-refractivity contribution in [3.8, 4) is 0 Å². The molecule has 0 aliphatic heterocycles. The maximum atomic E-state index is 11.4. The van der Waals surface area contributed by atoms with E-state index in [4.69, 9.17) is 11.6 Å². The minimum Gasteiger partial charge on any atom is -0.465 e. The van der Waals surface area contributed by atoms with Gasteiger partial charge in [-0.15, -0.1) is 0 Å². The van der Waals surface area contributed by atoms with Crippen molar-refractivity contribution in [2.24, 2.45) is 0 Å². The molecular formula is C11H17ClN2O3S. The molecule has 0 atom stereocenters. The summed E-state index contributed by atoms with van der Waals surface area (Å²) in [4.78, 5) is 17.7. The van der Waals surface area contributed by atoms with Crippen LogP contribution in [0.4, 0.5) is 5.13 Å². The lowest BCUT2D eigenvalue weighted by molar-refractivity contribution is 0.0606. The Hall–Kier alpha value is -0.850. The van der Waals surface area contributed by atoms with Gasteiger partial charge in [-0.25, -0.2) is 9.78 Å². The molecule has 5 nitrogen and oxygen atoms in total. The van der Waals surface area contributed by atoms with Crippen molar-refractivity contribution in [1.82, 2.24) is 4.98 Å². The fraction of sp³-hybridized carbons (Fsp3) is 0.636. The highest BCUT2D eigenvalue weighted by Gasteiger charge is 2.23. The molecule has 0 spiro atoms. The lowest BCUT2D eigenvalue weighted by Gasteiger charge is -2.27. The van der Waals surface area contributed by atoms with Crippen molar-refractivity contribution in [2.45, 2.75) is 26.4 Å². The van der Waals surface area contributed by atoms with E-state index in [2.05, 4.69) is 9.72 Å². The van der Waals surface area contributed by atoms with E-state index < -0.39 is 11.6 Å². The number of thiazole rings is 1. The normalized spacial score (nSPS) is 11.4. The first-order chi connectivity index (χ1) is 8.28. The first kappa shape index (κ1) is 15.2. The number of ether oxygens (including phenoxy) is 1. The van der Waals surface area contributed by atoms with E-state index in [1.54, 1.807) is 13.8 Å². The number of carbonyl (C=O) groups is 1. The van der Waals surface area contributed by atoms with Gasteiger partial charge in [0.1, 0.15) is 0 Å². The predicted octanol–water partition coefficient (Wildman–Crippen LogP) is 2.18. The zero-order valence-electron chi connectivity index (χ0n) is 10.9. The number of nitrogens with zero attached hydrogens (tertiary/aromatic N) is 2. The van der Waals surface area contributed by atoms with Gasteiger partial charge in [-0.1, -0.05) is 22.9 Å². The van der Waals surface area contributed by atoms with Gasteiger partial charge in [0.2, 0.25) is 0 Å². The summed E-state index contributed by atoms with van der Waals surface area (Å²) >= 11 is 7.06. The number of likely N-dealkylation sites (N-methyl/N-ethyl adjacent to an activating group) is 1. The summed E-state index contributed by atoms with van der Waals surface area (Å²) in [7, 11) is 1.30. The lowest BCUT2D eigenvalue weighted by atomic mass is 10.1. The number of halogens is 1. The zero-order chi connectivity index (χ0) is 13.9. The molecule has 0 aliphatic carbocycles. The van der Waals surface area contributed by atoms with Crippen LogP contribution >= 0.6 is 22.9 Å². The van der Waals surface area contributed by atoms with Crippen molar-refractivity contribution in [2.75, 3.05) is 25.1 Å². The Morgan fingerprint density at radius 2 is 2.22 bits per heavy atom. The molecule has 1 rings (SSSR count). The van der Waals surface area contributed by atoms with Crippen LogP contribution in [0.25, 0.3) is 0 Å². The summed E-state index contributed by atoms with van der Waals surface area (Å²) in [5.41, 5.74) is -0.848. The third-order valence-electron chi connectivity index (χ3n) is 2.18. The smallest absolute Gasteiger partial charge is 0.351 e. The maximum Gasteiger partial charge on any atom is 0.351 e. The molecule has 0 saturated heterocycles. The second kappa shape index (κ2) is 5.86. The summed E-state index contributed by atoms with van der Waals surface area (Å²) in [5.74, 6) is -0.497. The zero-order valence-corrected chi connectivity index (χ0v) is 12.4. The van der Waals surface area contributed by atoms with Gasteiger partial charge in [0, 0.05) is 13.1 Å². The fourth-order valence-corrected chi connectivity index (χ4v) is 2.69. The molecule has 102 valence electrons. The minimum atomic E-state index is -0.848. The first-order valence-corrected chi connectivity index (χ1v) is 6.70. The molecule has 1 aromatic rings. The Bertz CT molecular complexity index is 428. The predicted molar refractivity (Wildman–Crippen MR) is 72.6 cm³/mol.